The largest absolute Gasteiger partial charge is 0.462 e. The summed E-state index contributed by atoms with van der Waals surface area (Å²) < 4.78 is 10.3. The smallest absolute Gasteiger partial charge is 0.309 e. The van der Waals surface area contributed by atoms with Gasteiger partial charge in [-0.05, 0) is 25.7 Å². The quantitative estimate of drug-likeness (QED) is 0.553. The average Bonchev–Trinajstić information content (AvgIpc) is 2.69. The van der Waals surface area contributed by atoms with Crippen molar-refractivity contribution in [3.63, 3.8) is 0 Å². The number of aliphatic hydroxyl groups excluding tert-OH is 1. The second kappa shape index (κ2) is 4.49. The van der Waals surface area contributed by atoms with Crippen molar-refractivity contribution in [3.8, 4) is 0 Å². The van der Waals surface area contributed by atoms with Crippen molar-refractivity contribution in [1.29, 1.82) is 0 Å². The van der Waals surface area contributed by atoms with Gasteiger partial charge in [0.05, 0.1) is 12.0 Å². The Morgan fingerprint density at radius 3 is 3.07 bits per heavy atom. The van der Waals surface area contributed by atoms with Crippen LogP contribution in [0.5, 0.6) is 0 Å². The number of esters is 1. The van der Waals surface area contributed by atoms with Gasteiger partial charge < -0.3 is 14.6 Å². The number of methoxy groups -OCH3 is 1. The maximum absolute atomic E-state index is 11.5. The zero-order chi connectivity index (χ0) is 10.8. The van der Waals surface area contributed by atoms with Crippen LogP contribution < -0.4 is 0 Å². The molecule has 0 spiro atoms. The van der Waals surface area contributed by atoms with Crippen molar-refractivity contribution in [2.24, 2.45) is 11.8 Å². The van der Waals surface area contributed by atoms with E-state index in [-0.39, 0.29) is 30.0 Å². The van der Waals surface area contributed by atoms with Crippen molar-refractivity contribution in [3.05, 3.63) is 0 Å². The Morgan fingerprint density at radius 1 is 1.53 bits per heavy atom. The molecule has 4 nitrogen and oxygen atoms in total. The van der Waals surface area contributed by atoms with Crippen LogP contribution in [0.1, 0.15) is 25.7 Å². The number of fused-ring (bicyclic) bond motifs is 1. The van der Waals surface area contributed by atoms with Crippen molar-refractivity contribution < 1.29 is 19.4 Å². The Kier molecular flexibility index (Phi) is 3.26. The lowest BCUT2D eigenvalue weighted by atomic mass is 9.92. The van der Waals surface area contributed by atoms with Gasteiger partial charge >= 0.3 is 5.97 Å². The van der Waals surface area contributed by atoms with E-state index in [9.17, 15) is 9.90 Å². The van der Waals surface area contributed by atoms with E-state index in [4.69, 9.17) is 9.47 Å². The Bertz CT molecular complexity index is 241. The minimum atomic E-state index is -0.308. The molecule has 0 unspecified atom stereocenters. The van der Waals surface area contributed by atoms with Crippen LogP contribution in [0.25, 0.3) is 0 Å². The summed E-state index contributed by atoms with van der Waals surface area (Å²) in [5.41, 5.74) is 0. The van der Waals surface area contributed by atoms with Crippen molar-refractivity contribution >= 4 is 5.97 Å². The second-order valence-electron chi connectivity index (χ2n) is 4.51. The summed E-state index contributed by atoms with van der Waals surface area (Å²) in [5.74, 6) is 0.0795. The SMILES string of the molecule is COCCC[C@H]1OC(=O)[C@H]2C[C@H](O)C[C@H]21. The first-order valence-corrected chi connectivity index (χ1v) is 5.60. The number of aliphatic hydroxyl groups is 1. The summed E-state index contributed by atoms with van der Waals surface area (Å²) >= 11 is 0. The predicted molar refractivity (Wildman–Crippen MR) is 53.2 cm³/mol. The monoisotopic (exact) mass is 214 g/mol. The van der Waals surface area contributed by atoms with E-state index in [1.165, 1.54) is 0 Å². The molecular formula is C11H18O4. The number of cyclic esters (lactones) is 1. The normalized spacial score (nSPS) is 39.2. The van der Waals surface area contributed by atoms with Gasteiger partial charge in [-0.1, -0.05) is 0 Å². The van der Waals surface area contributed by atoms with E-state index < -0.39 is 0 Å². The van der Waals surface area contributed by atoms with Crippen molar-refractivity contribution in [1.82, 2.24) is 0 Å². The number of hydrogen-bond donors (Lipinski definition) is 1. The molecule has 1 heterocycles. The molecule has 2 rings (SSSR count). The molecule has 15 heavy (non-hydrogen) atoms. The van der Waals surface area contributed by atoms with Crippen LogP contribution in [0, 0.1) is 11.8 Å². The van der Waals surface area contributed by atoms with Crippen LogP contribution in [0.3, 0.4) is 0 Å². The summed E-state index contributed by atoms with van der Waals surface area (Å²) in [6.45, 7) is 0.702. The van der Waals surface area contributed by atoms with Gasteiger partial charge in [-0.3, -0.25) is 4.79 Å². The van der Waals surface area contributed by atoms with Crippen LogP contribution in [0.2, 0.25) is 0 Å². The fourth-order valence-corrected chi connectivity index (χ4v) is 2.75. The van der Waals surface area contributed by atoms with Crippen LogP contribution in [-0.4, -0.2) is 37.0 Å². The molecule has 1 aliphatic heterocycles. The summed E-state index contributed by atoms with van der Waals surface area (Å²) in [6.07, 6.45) is 2.77. The Labute approximate surface area is 89.6 Å². The van der Waals surface area contributed by atoms with Gasteiger partial charge in [0, 0.05) is 19.6 Å². The van der Waals surface area contributed by atoms with Gasteiger partial charge in [-0.15, -0.1) is 0 Å². The molecule has 0 radical (unpaired) electrons. The molecular weight excluding hydrogens is 196 g/mol. The highest BCUT2D eigenvalue weighted by Gasteiger charge is 2.49. The highest BCUT2D eigenvalue weighted by Crippen LogP contribution is 2.42. The average molecular weight is 214 g/mol. The molecule has 1 saturated carbocycles. The van der Waals surface area contributed by atoms with Gasteiger partial charge in [0.15, 0.2) is 0 Å². The number of hydrogen-bond acceptors (Lipinski definition) is 4. The summed E-state index contributed by atoms with van der Waals surface area (Å²) in [4.78, 5) is 11.5. The minimum absolute atomic E-state index is 0.00907. The zero-order valence-electron chi connectivity index (χ0n) is 9.02. The van der Waals surface area contributed by atoms with E-state index >= 15 is 0 Å². The zero-order valence-corrected chi connectivity index (χ0v) is 9.02. The highest BCUT2D eigenvalue weighted by atomic mass is 16.6. The number of rotatable bonds is 4. The summed E-state index contributed by atoms with van der Waals surface area (Å²) in [6, 6.07) is 0. The molecule has 0 aromatic heterocycles. The first-order valence-electron chi connectivity index (χ1n) is 5.60. The lowest BCUT2D eigenvalue weighted by Crippen LogP contribution is -2.18. The van der Waals surface area contributed by atoms with E-state index in [1.807, 2.05) is 0 Å². The van der Waals surface area contributed by atoms with Crippen molar-refractivity contribution in [2.45, 2.75) is 37.9 Å². The van der Waals surface area contributed by atoms with E-state index in [0.29, 0.717) is 19.4 Å². The molecule has 86 valence electrons. The standard InChI is InChI=1S/C11H18O4/c1-14-4-2-3-10-8-5-7(12)6-9(8)11(13)15-10/h7-10,12H,2-6H2,1H3/t7-,8-,9+,10-/m1/s1. The fourth-order valence-electron chi connectivity index (χ4n) is 2.75. The molecule has 2 aliphatic rings. The van der Waals surface area contributed by atoms with E-state index in [1.54, 1.807) is 7.11 Å². The third-order valence-electron chi connectivity index (χ3n) is 3.47. The molecule has 1 N–H and O–H groups in total. The summed E-state index contributed by atoms with van der Waals surface area (Å²) in [5, 5.41) is 9.51. The molecule has 4 heteroatoms. The van der Waals surface area contributed by atoms with Gasteiger partial charge in [0.25, 0.3) is 0 Å². The molecule has 1 aliphatic carbocycles. The van der Waals surface area contributed by atoms with E-state index in [0.717, 1.165) is 12.8 Å². The van der Waals surface area contributed by atoms with Crippen molar-refractivity contribution in [2.75, 3.05) is 13.7 Å². The van der Waals surface area contributed by atoms with Crippen LogP contribution in [0.4, 0.5) is 0 Å². The minimum Gasteiger partial charge on any atom is -0.462 e. The maximum Gasteiger partial charge on any atom is 0.309 e. The van der Waals surface area contributed by atoms with Crippen LogP contribution in [0.15, 0.2) is 0 Å². The Morgan fingerprint density at radius 2 is 2.33 bits per heavy atom. The number of ether oxygens (including phenoxy) is 2. The fraction of sp³-hybridized carbons (Fsp3) is 0.909. The molecule has 0 amide bonds. The summed E-state index contributed by atoms with van der Waals surface area (Å²) in [7, 11) is 1.67. The van der Waals surface area contributed by atoms with Gasteiger partial charge in [0.1, 0.15) is 6.10 Å². The van der Waals surface area contributed by atoms with Gasteiger partial charge in [-0.2, -0.15) is 0 Å². The lowest BCUT2D eigenvalue weighted by molar-refractivity contribution is -0.145. The third kappa shape index (κ3) is 2.16. The van der Waals surface area contributed by atoms with Crippen LogP contribution >= 0.6 is 0 Å². The Hall–Kier alpha value is -0.610. The molecule has 2 fully saturated rings. The molecule has 1 saturated heterocycles. The predicted octanol–water partition coefficient (Wildman–Crippen LogP) is 0.726. The van der Waals surface area contributed by atoms with Gasteiger partial charge in [0.2, 0.25) is 0 Å². The first-order chi connectivity index (χ1) is 7.22. The van der Waals surface area contributed by atoms with E-state index in [2.05, 4.69) is 0 Å². The maximum atomic E-state index is 11.5. The highest BCUT2D eigenvalue weighted by molar-refractivity contribution is 5.75. The molecule has 0 aromatic rings. The number of carbonyl (C=O) groups is 1. The second-order valence-corrected chi connectivity index (χ2v) is 4.51. The number of carbonyl (C=O) groups excluding carboxylic acids is 1. The Balaban J connectivity index is 1.88. The van der Waals surface area contributed by atoms with Gasteiger partial charge in [-0.25, -0.2) is 0 Å². The first kappa shape index (κ1) is 10.9. The lowest BCUT2D eigenvalue weighted by Gasteiger charge is -2.15. The molecule has 0 aromatic carbocycles. The third-order valence-corrected chi connectivity index (χ3v) is 3.47. The van der Waals surface area contributed by atoms with Crippen LogP contribution in [-0.2, 0) is 14.3 Å². The molecule has 4 atom stereocenters. The molecule has 0 bridgehead atoms. The topological polar surface area (TPSA) is 55.8 Å².